The number of phosphoric acid groups is 2. The Balaban J connectivity index is 5.31. The monoisotopic (exact) mass is 1400 g/mol. The molecule has 0 spiro atoms. The third-order valence-electron chi connectivity index (χ3n) is 16.8. The Kier molecular flexibility index (Phi) is 68.3. The molecule has 5 unspecified atom stereocenters. The van der Waals surface area contributed by atoms with Crippen molar-refractivity contribution < 1.29 is 80.2 Å². The Morgan fingerprint density at radius 1 is 0.302 bits per heavy atom. The summed E-state index contributed by atoms with van der Waals surface area (Å²) in [5.74, 6) is -2.16. The summed E-state index contributed by atoms with van der Waals surface area (Å²) < 4.78 is 68.5. The SMILES string of the molecule is CC/C=C\C/C=C\C/C=C\CCCCCCCC(=O)OCC(COP(=O)(O)OCC(O)COP(=O)(O)OCC(COC(=O)CCCCCCC/C=C\CCCCCC)OC(=O)CCCCCCCCCCCCCCC)OC(=O)CCCCCCCCCCCCCCCCC. The van der Waals surface area contributed by atoms with E-state index in [9.17, 15) is 43.2 Å². The molecule has 17 nitrogen and oxygen atoms in total. The largest absolute Gasteiger partial charge is 0.472 e. The Morgan fingerprint density at radius 3 is 0.854 bits per heavy atom. The lowest BCUT2D eigenvalue weighted by Gasteiger charge is -2.21. The number of esters is 4. The predicted octanol–water partition coefficient (Wildman–Crippen LogP) is 22.1. The highest BCUT2D eigenvalue weighted by Crippen LogP contribution is 2.45. The van der Waals surface area contributed by atoms with Gasteiger partial charge in [0.1, 0.15) is 19.3 Å². The average Bonchev–Trinajstić information content (AvgIpc) is 1.36. The quantitative estimate of drug-likeness (QED) is 0.0169. The van der Waals surface area contributed by atoms with Crippen molar-refractivity contribution in [2.75, 3.05) is 39.6 Å². The maximum absolute atomic E-state index is 13.1. The van der Waals surface area contributed by atoms with Gasteiger partial charge >= 0.3 is 39.5 Å². The Morgan fingerprint density at radius 2 is 0.542 bits per heavy atom. The highest BCUT2D eigenvalue weighted by atomic mass is 31.2. The molecule has 0 aromatic heterocycles. The number of carbonyl (C=O) groups excluding carboxylic acids is 4. The molecule has 19 heteroatoms. The molecule has 0 heterocycles. The fourth-order valence-electron chi connectivity index (χ4n) is 10.9. The second-order valence-electron chi connectivity index (χ2n) is 26.3. The predicted molar refractivity (Wildman–Crippen MR) is 390 cm³/mol. The lowest BCUT2D eigenvalue weighted by Crippen LogP contribution is -2.30. The first-order valence-electron chi connectivity index (χ1n) is 38.9. The zero-order chi connectivity index (χ0) is 70.4. The molecular formula is C77H142O17P2. The molecule has 96 heavy (non-hydrogen) atoms. The van der Waals surface area contributed by atoms with E-state index in [1.165, 1.54) is 141 Å². The van der Waals surface area contributed by atoms with Crippen molar-refractivity contribution in [3.8, 4) is 0 Å². The zero-order valence-corrected chi connectivity index (χ0v) is 63.1. The van der Waals surface area contributed by atoms with Crippen LogP contribution in [0.3, 0.4) is 0 Å². The number of ether oxygens (including phenoxy) is 4. The van der Waals surface area contributed by atoms with E-state index >= 15 is 0 Å². The molecular weight excluding hydrogens is 1260 g/mol. The lowest BCUT2D eigenvalue weighted by atomic mass is 10.0. The molecule has 0 aliphatic rings. The summed E-state index contributed by atoms with van der Waals surface area (Å²) in [5, 5.41) is 10.6. The van der Waals surface area contributed by atoms with Crippen LogP contribution in [0.2, 0.25) is 0 Å². The molecule has 0 aromatic rings. The molecule has 0 aromatic carbocycles. The molecule has 5 atom stereocenters. The first-order valence-corrected chi connectivity index (χ1v) is 41.9. The van der Waals surface area contributed by atoms with Crippen LogP contribution in [0.4, 0.5) is 0 Å². The van der Waals surface area contributed by atoms with Crippen LogP contribution in [0, 0.1) is 0 Å². The van der Waals surface area contributed by atoms with Gasteiger partial charge in [0, 0.05) is 25.7 Å². The van der Waals surface area contributed by atoms with Gasteiger partial charge in [0.2, 0.25) is 0 Å². The van der Waals surface area contributed by atoms with Crippen LogP contribution >= 0.6 is 15.6 Å². The van der Waals surface area contributed by atoms with Gasteiger partial charge in [0.15, 0.2) is 12.2 Å². The van der Waals surface area contributed by atoms with Gasteiger partial charge in [0.25, 0.3) is 0 Å². The van der Waals surface area contributed by atoms with E-state index in [4.69, 9.17) is 37.0 Å². The fraction of sp³-hybridized carbons (Fsp3) is 0.844. The van der Waals surface area contributed by atoms with Crippen LogP contribution in [0.5, 0.6) is 0 Å². The van der Waals surface area contributed by atoms with Crippen molar-refractivity contribution in [1.82, 2.24) is 0 Å². The summed E-state index contributed by atoms with van der Waals surface area (Å²) in [6, 6.07) is 0. The third kappa shape index (κ3) is 69.5. The van der Waals surface area contributed by atoms with E-state index in [1.807, 2.05) is 0 Å². The molecule has 0 saturated carbocycles. The molecule has 0 aliphatic heterocycles. The maximum Gasteiger partial charge on any atom is 0.472 e. The van der Waals surface area contributed by atoms with Crippen LogP contribution in [0.25, 0.3) is 0 Å². The Hall–Kier alpha value is -2.98. The van der Waals surface area contributed by atoms with Crippen LogP contribution in [-0.4, -0.2) is 96.7 Å². The summed E-state index contributed by atoms with van der Waals surface area (Å²) in [4.78, 5) is 72.8. The standard InChI is InChI=1S/C77H142O17P2/c1-5-9-13-17-21-25-29-33-35-39-42-46-50-54-58-62-75(80)88-68-73(94-77(82)64-60-56-52-48-44-40-36-34-30-26-22-18-14-10-6-2)70-92-96(85,86)90-66-71(78)65-89-95(83,84)91-69-72(93-76(81)63-59-55-51-47-43-38-32-28-24-20-16-12-8-4)67-87-74(79)61-57-53-49-45-41-37-31-27-23-19-15-11-7-3/h9,13,21,25,27,31,33,35,71-73,78H,5-8,10-12,14-20,22-24,26,28-30,32,34,36-70H2,1-4H3,(H,83,84)(H,85,86)/b13-9-,25-21-,31-27-,35-33-. The van der Waals surface area contributed by atoms with Gasteiger partial charge in [0.05, 0.1) is 26.4 Å². The van der Waals surface area contributed by atoms with Gasteiger partial charge in [-0.2, -0.15) is 0 Å². The highest BCUT2D eigenvalue weighted by molar-refractivity contribution is 7.47. The minimum atomic E-state index is -4.97. The zero-order valence-electron chi connectivity index (χ0n) is 61.3. The number of carbonyl (C=O) groups is 4. The van der Waals surface area contributed by atoms with Crippen molar-refractivity contribution in [2.45, 2.75) is 380 Å². The van der Waals surface area contributed by atoms with Crippen molar-refractivity contribution in [3.63, 3.8) is 0 Å². The van der Waals surface area contributed by atoms with Gasteiger partial charge in [-0.25, -0.2) is 9.13 Å². The number of aliphatic hydroxyl groups excluding tert-OH is 1. The molecule has 0 radical (unpaired) electrons. The maximum atomic E-state index is 13.1. The summed E-state index contributed by atoms with van der Waals surface area (Å²) in [5.41, 5.74) is 0. The topological polar surface area (TPSA) is 237 Å². The fourth-order valence-corrected chi connectivity index (χ4v) is 12.5. The minimum Gasteiger partial charge on any atom is -0.462 e. The van der Waals surface area contributed by atoms with E-state index < -0.39 is 97.5 Å². The lowest BCUT2D eigenvalue weighted by molar-refractivity contribution is -0.161. The van der Waals surface area contributed by atoms with E-state index in [2.05, 4.69) is 76.3 Å². The van der Waals surface area contributed by atoms with Crippen LogP contribution < -0.4 is 0 Å². The van der Waals surface area contributed by atoms with E-state index in [0.29, 0.717) is 25.7 Å². The molecule has 0 bridgehead atoms. The molecule has 3 N–H and O–H groups in total. The molecule has 562 valence electrons. The first kappa shape index (κ1) is 93.0. The summed E-state index contributed by atoms with van der Waals surface area (Å²) in [7, 11) is -9.93. The number of phosphoric ester groups is 2. The van der Waals surface area contributed by atoms with Gasteiger partial charge in [-0.05, 0) is 83.5 Å². The number of rotatable bonds is 74. The Labute approximate surface area is 585 Å². The van der Waals surface area contributed by atoms with Crippen molar-refractivity contribution in [3.05, 3.63) is 48.6 Å². The van der Waals surface area contributed by atoms with Gasteiger partial charge < -0.3 is 33.8 Å². The molecule has 0 aliphatic carbocycles. The number of aliphatic hydroxyl groups is 1. The van der Waals surface area contributed by atoms with E-state index in [0.717, 1.165) is 141 Å². The van der Waals surface area contributed by atoms with Crippen molar-refractivity contribution in [2.24, 2.45) is 0 Å². The van der Waals surface area contributed by atoms with Gasteiger partial charge in [-0.1, -0.05) is 301 Å². The van der Waals surface area contributed by atoms with Crippen LogP contribution in [-0.2, 0) is 65.4 Å². The second-order valence-corrected chi connectivity index (χ2v) is 29.2. The van der Waals surface area contributed by atoms with E-state index in [1.54, 1.807) is 0 Å². The number of unbranched alkanes of at least 4 members (excludes halogenated alkanes) is 40. The molecule has 0 amide bonds. The average molecular weight is 1400 g/mol. The van der Waals surface area contributed by atoms with Gasteiger partial charge in [-0.15, -0.1) is 0 Å². The first-order chi connectivity index (χ1) is 46.7. The van der Waals surface area contributed by atoms with Crippen LogP contribution in [0.1, 0.15) is 362 Å². The normalized spacial score (nSPS) is 14.2. The number of allylic oxidation sites excluding steroid dienone is 8. The number of hydrogen-bond acceptors (Lipinski definition) is 15. The van der Waals surface area contributed by atoms with Gasteiger partial charge in [-0.3, -0.25) is 37.3 Å². The van der Waals surface area contributed by atoms with E-state index in [-0.39, 0.29) is 25.7 Å². The molecule has 0 saturated heterocycles. The molecule has 0 rings (SSSR count). The minimum absolute atomic E-state index is 0.0986. The second kappa shape index (κ2) is 70.5. The Bertz CT molecular complexity index is 2010. The van der Waals surface area contributed by atoms with Crippen LogP contribution in [0.15, 0.2) is 48.6 Å². The summed E-state index contributed by atoms with van der Waals surface area (Å²) in [6.07, 6.45) is 66.6. The number of hydrogen-bond donors (Lipinski definition) is 3. The third-order valence-corrected chi connectivity index (χ3v) is 18.7. The van der Waals surface area contributed by atoms with Crippen molar-refractivity contribution in [1.29, 1.82) is 0 Å². The summed E-state index contributed by atoms with van der Waals surface area (Å²) >= 11 is 0. The molecule has 0 fully saturated rings. The van der Waals surface area contributed by atoms with Crippen molar-refractivity contribution >= 4 is 39.5 Å². The smallest absolute Gasteiger partial charge is 0.462 e. The summed E-state index contributed by atoms with van der Waals surface area (Å²) in [6.45, 7) is 4.79. The highest BCUT2D eigenvalue weighted by Gasteiger charge is 2.30.